The van der Waals surface area contributed by atoms with Crippen molar-refractivity contribution >= 4 is 10.8 Å². The Balaban J connectivity index is 2.24. The van der Waals surface area contributed by atoms with Crippen LogP contribution in [0.2, 0.25) is 0 Å². The van der Waals surface area contributed by atoms with Crippen LogP contribution in [0.25, 0.3) is 10.8 Å². The maximum Gasteiger partial charge on any atom is 0.0942 e. The first-order valence-corrected chi connectivity index (χ1v) is 6.27. The SMILES string of the molecule is CC1CCCC1(O)c1cncc2ccccc12. The average molecular weight is 227 g/mol. The third kappa shape index (κ3) is 1.55. The minimum atomic E-state index is -0.687. The van der Waals surface area contributed by atoms with E-state index in [1.165, 1.54) is 0 Å². The van der Waals surface area contributed by atoms with Gasteiger partial charge < -0.3 is 5.11 Å². The Morgan fingerprint density at radius 2 is 2.12 bits per heavy atom. The summed E-state index contributed by atoms with van der Waals surface area (Å²) in [5, 5.41) is 13.1. The number of aliphatic hydroxyl groups is 1. The van der Waals surface area contributed by atoms with Gasteiger partial charge in [-0.2, -0.15) is 0 Å². The summed E-state index contributed by atoms with van der Waals surface area (Å²) in [7, 11) is 0. The molecule has 0 bridgehead atoms. The van der Waals surface area contributed by atoms with E-state index in [0.717, 1.165) is 35.6 Å². The van der Waals surface area contributed by atoms with Gasteiger partial charge in [0.2, 0.25) is 0 Å². The van der Waals surface area contributed by atoms with Crippen LogP contribution < -0.4 is 0 Å². The van der Waals surface area contributed by atoms with Crippen LogP contribution in [0.15, 0.2) is 36.7 Å². The molecule has 1 aliphatic rings. The lowest BCUT2D eigenvalue weighted by atomic mass is 9.83. The summed E-state index contributed by atoms with van der Waals surface area (Å²) >= 11 is 0. The highest BCUT2D eigenvalue weighted by Gasteiger charge is 2.40. The first-order chi connectivity index (χ1) is 8.22. The number of fused-ring (bicyclic) bond motifs is 1. The zero-order valence-electron chi connectivity index (χ0n) is 10.1. The fraction of sp³-hybridized carbons (Fsp3) is 0.400. The number of benzene rings is 1. The maximum atomic E-state index is 10.9. The van der Waals surface area contributed by atoms with Crippen molar-refractivity contribution in [2.24, 2.45) is 5.92 Å². The van der Waals surface area contributed by atoms with Crippen molar-refractivity contribution in [3.63, 3.8) is 0 Å². The minimum Gasteiger partial charge on any atom is -0.385 e. The first-order valence-electron chi connectivity index (χ1n) is 6.27. The zero-order valence-corrected chi connectivity index (χ0v) is 10.1. The molecular formula is C15H17NO. The Kier molecular flexibility index (Phi) is 2.40. The number of hydrogen-bond donors (Lipinski definition) is 1. The molecule has 1 heterocycles. The van der Waals surface area contributed by atoms with E-state index in [9.17, 15) is 5.11 Å². The van der Waals surface area contributed by atoms with Gasteiger partial charge in [-0.05, 0) is 30.6 Å². The molecule has 1 aliphatic carbocycles. The van der Waals surface area contributed by atoms with Crippen molar-refractivity contribution in [1.29, 1.82) is 0 Å². The lowest BCUT2D eigenvalue weighted by molar-refractivity contribution is 0.00564. The standard InChI is InChI=1S/C15H17NO/c1-11-5-4-8-15(11,17)14-10-16-9-12-6-2-3-7-13(12)14/h2-3,6-7,9-11,17H,4-5,8H2,1H3. The molecule has 3 rings (SSSR count). The van der Waals surface area contributed by atoms with Gasteiger partial charge in [-0.15, -0.1) is 0 Å². The number of rotatable bonds is 1. The van der Waals surface area contributed by atoms with Gasteiger partial charge in [0.15, 0.2) is 0 Å². The van der Waals surface area contributed by atoms with Crippen LogP contribution in [0, 0.1) is 5.92 Å². The van der Waals surface area contributed by atoms with Crippen LogP contribution in [-0.2, 0) is 5.60 Å². The summed E-state index contributed by atoms with van der Waals surface area (Å²) in [6.07, 6.45) is 6.75. The molecule has 88 valence electrons. The van der Waals surface area contributed by atoms with E-state index in [1.807, 2.05) is 24.5 Å². The van der Waals surface area contributed by atoms with Crippen molar-refractivity contribution in [1.82, 2.24) is 4.98 Å². The second kappa shape index (κ2) is 3.81. The van der Waals surface area contributed by atoms with Gasteiger partial charge in [0, 0.05) is 23.3 Å². The Bertz CT molecular complexity index is 546. The van der Waals surface area contributed by atoms with Gasteiger partial charge in [-0.1, -0.05) is 31.2 Å². The van der Waals surface area contributed by atoms with Crippen LogP contribution in [0.4, 0.5) is 0 Å². The fourth-order valence-corrected chi connectivity index (χ4v) is 3.02. The minimum absolute atomic E-state index is 0.315. The number of aromatic nitrogens is 1. The molecule has 1 fully saturated rings. The lowest BCUT2D eigenvalue weighted by Crippen LogP contribution is -2.28. The third-order valence-electron chi connectivity index (χ3n) is 4.14. The molecule has 2 heteroatoms. The zero-order chi connectivity index (χ0) is 11.9. The first kappa shape index (κ1) is 10.7. The summed E-state index contributed by atoms with van der Waals surface area (Å²) < 4.78 is 0. The quantitative estimate of drug-likeness (QED) is 0.811. The molecule has 0 radical (unpaired) electrons. The van der Waals surface area contributed by atoms with E-state index in [-0.39, 0.29) is 0 Å². The molecule has 0 amide bonds. The van der Waals surface area contributed by atoms with Gasteiger partial charge >= 0.3 is 0 Å². The Hall–Kier alpha value is -1.41. The molecule has 2 atom stereocenters. The Morgan fingerprint density at radius 3 is 2.88 bits per heavy atom. The summed E-state index contributed by atoms with van der Waals surface area (Å²) in [4.78, 5) is 4.28. The third-order valence-corrected chi connectivity index (χ3v) is 4.14. The average Bonchev–Trinajstić information content (AvgIpc) is 2.70. The van der Waals surface area contributed by atoms with Crippen molar-refractivity contribution in [3.8, 4) is 0 Å². The normalized spacial score (nSPS) is 28.7. The highest BCUT2D eigenvalue weighted by molar-refractivity contribution is 5.85. The van der Waals surface area contributed by atoms with Crippen molar-refractivity contribution in [3.05, 3.63) is 42.2 Å². The highest BCUT2D eigenvalue weighted by Crippen LogP contribution is 2.45. The predicted molar refractivity (Wildman–Crippen MR) is 68.7 cm³/mol. The summed E-state index contributed by atoms with van der Waals surface area (Å²) in [5.74, 6) is 0.315. The predicted octanol–water partition coefficient (Wildman–Crippen LogP) is 3.24. The van der Waals surface area contributed by atoms with E-state index in [0.29, 0.717) is 5.92 Å². The summed E-state index contributed by atoms with van der Waals surface area (Å²) in [6, 6.07) is 8.16. The molecule has 2 unspecified atom stereocenters. The second-order valence-corrected chi connectivity index (χ2v) is 5.13. The van der Waals surface area contributed by atoms with Crippen LogP contribution in [0.3, 0.4) is 0 Å². The van der Waals surface area contributed by atoms with E-state index in [2.05, 4.69) is 24.0 Å². The lowest BCUT2D eigenvalue weighted by Gasteiger charge is -2.29. The molecule has 2 aromatic rings. The molecule has 0 aliphatic heterocycles. The molecule has 1 aromatic carbocycles. The Morgan fingerprint density at radius 1 is 1.29 bits per heavy atom. The molecule has 1 aromatic heterocycles. The van der Waals surface area contributed by atoms with Gasteiger partial charge in [-0.25, -0.2) is 0 Å². The second-order valence-electron chi connectivity index (χ2n) is 5.13. The van der Waals surface area contributed by atoms with Gasteiger partial charge in [0.25, 0.3) is 0 Å². The van der Waals surface area contributed by atoms with E-state index >= 15 is 0 Å². The molecule has 1 saturated carbocycles. The molecule has 1 N–H and O–H groups in total. The van der Waals surface area contributed by atoms with Gasteiger partial charge in [0.1, 0.15) is 0 Å². The molecule has 17 heavy (non-hydrogen) atoms. The molecule has 0 saturated heterocycles. The molecular weight excluding hydrogens is 210 g/mol. The molecule has 0 spiro atoms. The summed E-state index contributed by atoms with van der Waals surface area (Å²) in [5.41, 5.74) is 0.314. The van der Waals surface area contributed by atoms with Crippen molar-refractivity contribution in [2.75, 3.05) is 0 Å². The fourth-order valence-electron chi connectivity index (χ4n) is 3.02. The summed E-state index contributed by atoms with van der Waals surface area (Å²) in [6.45, 7) is 2.13. The number of pyridine rings is 1. The largest absolute Gasteiger partial charge is 0.385 e. The topological polar surface area (TPSA) is 33.1 Å². The van der Waals surface area contributed by atoms with E-state index in [4.69, 9.17) is 0 Å². The van der Waals surface area contributed by atoms with E-state index in [1.54, 1.807) is 0 Å². The number of nitrogens with zero attached hydrogens (tertiary/aromatic N) is 1. The van der Waals surface area contributed by atoms with Crippen molar-refractivity contribution in [2.45, 2.75) is 31.8 Å². The van der Waals surface area contributed by atoms with E-state index < -0.39 is 5.60 Å². The van der Waals surface area contributed by atoms with Crippen molar-refractivity contribution < 1.29 is 5.11 Å². The van der Waals surface area contributed by atoms with Crippen LogP contribution in [0.5, 0.6) is 0 Å². The Labute approximate surface area is 101 Å². The van der Waals surface area contributed by atoms with Crippen LogP contribution >= 0.6 is 0 Å². The number of hydrogen-bond acceptors (Lipinski definition) is 2. The molecule has 2 nitrogen and oxygen atoms in total. The smallest absolute Gasteiger partial charge is 0.0942 e. The van der Waals surface area contributed by atoms with Crippen LogP contribution in [-0.4, -0.2) is 10.1 Å². The monoisotopic (exact) mass is 227 g/mol. The van der Waals surface area contributed by atoms with Crippen LogP contribution in [0.1, 0.15) is 31.7 Å². The highest BCUT2D eigenvalue weighted by atomic mass is 16.3. The van der Waals surface area contributed by atoms with Gasteiger partial charge in [0.05, 0.1) is 5.60 Å². The maximum absolute atomic E-state index is 10.9. The van der Waals surface area contributed by atoms with Gasteiger partial charge in [-0.3, -0.25) is 4.98 Å².